The summed E-state index contributed by atoms with van der Waals surface area (Å²) in [6.07, 6.45) is -4.50. The number of alkyl halides is 4. The first-order valence-electron chi connectivity index (χ1n) is 3.59. The van der Waals surface area contributed by atoms with Crippen LogP contribution in [0.5, 0.6) is 5.75 Å². The molecule has 0 saturated heterocycles. The molecule has 0 N–H and O–H groups in total. The Morgan fingerprint density at radius 2 is 1.79 bits per heavy atom. The summed E-state index contributed by atoms with van der Waals surface area (Å²) >= 11 is 5.41. The molecule has 0 unspecified atom stereocenters. The van der Waals surface area contributed by atoms with Gasteiger partial charge in [0.15, 0.2) is 0 Å². The van der Waals surface area contributed by atoms with Crippen molar-refractivity contribution in [2.45, 2.75) is 12.0 Å². The first-order chi connectivity index (χ1) is 6.34. The van der Waals surface area contributed by atoms with E-state index in [0.29, 0.717) is 0 Å². The molecule has 76 valence electrons. The number of fused-ring (bicyclic) bond motifs is 1. The lowest BCUT2D eigenvalue weighted by Crippen LogP contribution is -2.36. The summed E-state index contributed by atoms with van der Waals surface area (Å²) in [4.78, 5) is 0. The maximum absolute atomic E-state index is 13.0. The van der Waals surface area contributed by atoms with Gasteiger partial charge < -0.3 is 4.74 Å². The topological polar surface area (TPSA) is 9.23 Å². The Kier molecular flexibility index (Phi) is 1.73. The van der Waals surface area contributed by atoms with Crippen molar-refractivity contribution in [1.29, 1.82) is 0 Å². The fourth-order valence-corrected chi connectivity index (χ4v) is 1.37. The molecule has 1 nitrogen and oxygen atoms in total. The molecule has 0 radical (unpaired) electrons. The monoisotopic (exact) mass is 226 g/mol. The molecule has 2 rings (SSSR count). The third-order valence-corrected chi connectivity index (χ3v) is 2.12. The average Bonchev–Trinajstić information content (AvgIpc) is 2.22. The fourth-order valence-electron chi connectivity index (χ4n) is 1.20. The fraction of sp³-hybridized carbons (Fsp3) is 0.250. The van der Waals surface area contributed by atoms with Gasteiger partial charge in [-0.1, -0.05) is 11.6 Å². The molecule has 1 aliphatic heterocycles. The zero-order chi connectivity index (χ0) is 10.6. The highest BCUT2D eigenvalue weighted by Crippen LogP contribution is 2.53. The van der Waals surface area contributed by atoms with Gasteiger partial charge in [0, 0.05) is 5.02 Å². The molecular formula is C8H3ClF4O. The van der Waals surface area contributed by atoms with Gasteiger partial charge in [0.25, 0.3) is 0 Å². The minimum absolute atomic E-state index is 0.0373. The van der Waals surface area contributed by atoms with Gasteiger partial charge in [0.1, 0.15) is 5.75 Å². The predicted octanol–water partition coefficient (Wildman–Crippen LogP) is 3.42. The van der Waals surface area contributed by atoms with E-state index in [1.807, 2.05) is 0 Å². The Bertz CT molecular complexity index is 391. The van der Waals surface area contributed by atoms with Crippen LogP contribution in [-0.4, -0.2) is 6.11 Å². The van der Waals surface area contributed by atoms with E-state index in [9.17, 15) is 17.6 Å². The highest BCUT2D eigenvalue weighted by molar-refractivity contribution is 6.30. The molecule has 0 amide bonds. The van der Waals surface area contributed by atoms with E-state index in [4.69, 9.17) is 11.6 Å². The zero-order valence-corrected chi connectivity index (χ0v) is 7.29. The van der Waals surface area contributed by atoms with Crippen LogP contribution in [0.2, 0.25) is 5.02 Å². The van der Waals surface area contributed by atoms with E-state index in [-0.39, 0.29) is 5.02 Å². The molecule has 0 atom stereocenters. The lowest BCUT2D eigenvalue weighted by atomic mass is 10.1. The number of hydrogen-bond donors (Lipinski definition) is 0. The lowest BCUT2D eigenvalue weighted by Gasteiger charge is -2.15. The van der Waals surface area contributed by atoms with Crippen LogP contribution in [-0.2, 0) is 5.92 Å². The number of ether oxygens (including phenoxy) is 1. The van der Waals surface area contributed by atoms with Gasteiger partial charge in [-0.15, -0.1) is 0 Å². The molecule has 6 heteroatoms. The van der Waals surface area contributed by atoms with Gasteiger partial charge in [0.05, 0.1) is 5.56 Å². The SMILES string of the molecule is FC1(F)Oc2ccc(Cl)cc2C1(F)F. The Labute approximate surface area is 81.2 Å². The highest BCUT2D eigenvalue weighted by Gasteiger charge is 2.66. The number of halogens is 5. The molecule has 0 saturated carbocycles. The molecule has 1 heterocycles. The van der Waals surface area contributed by atoms with E-state index in [1.165, 1.54) is 6.07 Å². The molecule has 14 heavy (non-hydrogen) atoms. The van der Waals surface area contributed by atoms with Crippen molar-refractivity contribution < 1.29 is 22.3 Å². The summed E-state index contributed by atoms with van der Waals surface area (Å²) in [7, 11) is 0. The third-order valence-electron chi connectivity index (χ3n) is 1.88. The minimum Gasteiger partial charge on any atom is -0.427 e. The second-order valence-electron chi connectivity index (χ2n) is 2.83. The Morgan fingerprint density at radius 3 is 2.43 bits per heavy atom. The summed E-state index contributed by atoms with van der Waals surface area (Å²) in [5, 5.41) is -0.0373. The number of hydrogen-bond acceptors (Lipinski definition) is 1. The summed E-state index contributed by atoms with van der Waals surface area (Å²) in [6, 6.07) is 2.97. The second kappa shape index (κ2) is 2.53. The van der Waals surface area contributed by atoms with Crippen LogP contribution in [0, 0.1) is 0 Å². The molecule has 1 aliphatic rings. The van der Waals surface area contributed by atoms with Gasteiger partial charge in [-0.2, -0.15) is 17.6 Å². The number of benzene rings is 1. The van der Waals surface area contributed by atoms with Crippen LogP contribution in [0.25, 0.3) is 0 Å². The van der Waals surface area contributed by atoms with Crippen molar-refractivity contribution in [1.82, 2.24) is 0 Å². The quantitative estimate of drug-likeness (QED) is 0.616. The molecule has 0 spiro atoms. The average molecular weight is 227 g/mol. The summed E-state index contributed by atoms with van der Waals surface area (Å²) in [5.74, 6) is -4.86. The molecule has 0 aromatic heterocycles. The van der Waals surface area contributed by atoms with Crippen molar-refractivity contribution in [2.24, 2.45) is 0 Å². The maximum atomic E-state index is 13.0. The van der Waals surface area contributed by atoms with E-state index in [2.05, 4.69) is 4.74 Å². The smallest absolute Gasteiger partial charge is 0.427 e. The van der Waals surface area contributed by atoms with Gasteiger partial charge in [-0.3, -0.25) is 0 Å². The van der Waals surface area contributed by atoms with Crippen LogP contribution in [0.1, 0.15) is 5.56 Å². The molecule has 0 fully saturated rings. The molecular weight excluding hydrogens is 224 g/mol. The normalized spacial score (nSPS) is 21.5. The summed E-state index contributed by atoms with van der Waals surface area (Å²) < 4.78 is 55.0. The molecule has 1 aromatic rings. The largest absolute Gasteiger partial charge is 0.469 e. The van der Waals surface area contributed by atoms with Gasteiger partial charge in [-0.25, -0.2) is 0 Å². The van der Waals surface area contributed by atoms with Crippen LogP contribution in [0.4, 0.5) is 17.6 Å². The van der Waals surface area contributed by atoms with Crippen molar-refractivity contribution in [2.75, 3.05) is 0 Å². The van der Waals surface area contributed by atoms with Gasteiger partial charge >= 0.3 is 12.0 Å². The highest BCUT2D eigenvalue weighted by atomic mass is 35.5. The summed E-state index contributed by atoms with van der Waals surface area (Å²) in [5.41, 5.74) is -0.880. The van der Waals surface area contributed by atoms with Crippen LogP contribution in [0.3, 0.4) is 0 Å². The molecule has 0 aliphatic carbocycles. The van der Waals surface area contributed by atoms with Crippen molar-refractivity contribution in [3.05, 3.63) is 28.8 Å². The Morgan fingerprint density at radius 1 is 1.14 bits per heavy atom. The predicted molar refractivity (Wildman–Crippen MR) is 40.9 cm³/mol. The van der Waals surface area contributed by atoms with Crippen LogP contribution in [0.15, 0.2) is 18.2 Å². The van der Waals surface area contributed by atoms with Crippen molar-refractivity contribution in [3.63, 3.8) is 0 Å². The van der Waals surface area contributed by atoms with Crippen molar-refractivity contribution >= 4 is 11.6 Å². The van der Waals surface area contributed by atoms with E-state index in [1.54, 1.807) is 0 Å². The zero-order valence-electron chi connectivity index (χ0n) is 6.53. The summed E-state index contributed by atoms with van der Waals surface area (Å²) in [6.45, 7) is 0. The van der Waals surface area contributed by atoms with E-state index < -0.39 is 23.3 Å². The van der Waals surface area contributed by atoms with E-state index >= 15 is 0 Å². The second-order valence-corrected chi connectivity index (χ2v) is 3.27. The Balaban J connectivity index is 2.62. The standard InChI is InChI=1S/C8H3ClF4O/c9-4-1-2-6-5(3-4)7(10,11)8(12,13)14-6/h1-3H. The molecule has 1 aromatic carbocycles. The third kappa shape index (κ3) is 1.08. The van der Waals surface area contributed by atoms with Crippen molar-refractivity contribution in [3.8, 4) is 5.75 Å². The first-order valence-corrected chi connectivity index (χ1v) is 3.97. The van der Waals surface area contributed by atoms with Gasteiger partial charge in [-0.05, 0) is 18.2 Å². The van der Waals surface area contributed by atoms with Crippen LogP contribution >= 0.6 is 11.6 Å². The van der Waals surface area contributed by atoms with Crippen LogP contribution < -0.4 is 4.74 Å². The van der Waals surface area contributed by atoms with Gasteiger partial charge in [0.2, 0.25) is 0 Å². The Hall–Kier alpha value is -0.970. The van der Waals surface area contributed by atoms with E-state index in [0.717, 1.165) is 12.1 Å². The lowest BCUT2D eigenvalue weighted by molar-refractivity contribution is -0.296. The number of rotatable bonds is 0. The first kappa shape index (κ1) is 9.58. The minimum atomic E-state index is -4.50. The molecule has 0 bridgehead atoms. The maximum Gasteiger partial charge on any atom is 0.469 e.